The van der Waals surface area contributed by atoms with Gasteiger partial charge < -0.3 is 9.80 Å². The van der Waals surface area contributed by atoms with Crippen molar-refractivity contribution in [1.29, 1.82) is 0 Å². The number of nitro benzene ring substituents is 1. The van der Waals surface area contributed by atoms with Crippen LogP contribution in [-0.2, 0) is 0 Å². The molecule has 1 aliphatic rings. The highest BCUT2D eigenvalue weighted by Gasteiger charge is 2.19. The van der Waals surface area contributed by atoms with Gasteiger partial charge in [0.15, 0.2) is 0 Å². The Kier molecular flexibility index (Phi) is 5.14. The summed E-state index contributed by atoms with van der Waals surface area (Å²) in [7, 11) is 1.71. The van der Waals surface area contributed by atoms with Crippen molar-refractivity contribution in [2.75, 3.05) is 33.2 Å². The first-order valence-corrected chi connectivity index (χ1v) is 7.28. The Morgan fingerprint density at radius 2 is 2.10 bits per heavy atom. The predicted octanol–water partition coefficient (Wildman–Crippen LogP) is 2.42. The van der Waals surface area contributed by atoms with Crippen LogP contribution in [0.1, 0.15) is 23.2 Å². The average Bonchev–Trinajstić information content (AvgIpc) is 2.97. The number of rotatable bonds is 5. The van der Waals surface area contributed by atoms with Gasteiger partial charge >= 0.3 is 0 Å². The van der Waals surface area contributed by atoms with E-state index in [9.17, 15) is 14.9 Å². The molecule has 0 aromatic heterocycles. The summed E-state index contributed by atoms with van der Waals surface area (Å²) in [6.45, 7) is 3.59. The number of likely N-dealkylation sites (tertiary alicyclic amines) is 1. The van der Waals surface area contributed by atoms with Gasteiger partial charge in [0, 0.05) is 31.8 Å². The van der Waals surface area contributed by atoms with Gasteiger partial charge in [0.2, 0.25) is 0 Å². The zero-order chi connectivity index (χ0) is 15.4. The molecule has 0 atom stereocenters. The summed E-state index contributed by atoms with van der Waals surface area (Å²) in [5.74, 6) is -0.228. The highest BCUT2D eigenvalue weighted by Crippen LogP contribution is 2.25. The number of benzene rings is 1. The number of halogens is 1. The molecule has 0 radical (unpaired) electrons. The molecule has 21 heavy (non-hydrogen) atoms. The van der Waals surface area contributed by atoms with E-state index in [2.05, 4.69) is 4.90 Å². The van der Waals surface area contributed by atoms with Gasteiger partial charge in [-0.2, -0.15) is 0 Å². The molecule has 1 saturated heterocycles. The van der Waals surface area contributed by atoms with Crippen molar-refractivity contribution in [3.8, 4) is 0 Å². The summed E-state index contributed by atoms with van der Waals surface area (Å²) in [6.07, 6.45) is 2.42. The highest BCUT2D eigenvalue weighted by molar-refractivity contribution is 6.32. The maximum Gasteiger partial charge on any atom is 0.288 e. The normalized spacial score (nSPS) is 15.1. The molecule has 7 heteroatoms. The number of hydrogen-bond donors (Lipinski definition) is 0. The fraction of sp³-hybridized carbons (Fsp3) is 0.500. The predicted molar refractivity (Wildman–Crippen MR) is 80.7 cm³/mol. The lowest BCUT2D eigenvalue weighted by Crippen LogP contribution is -2.35. The monoisotopic (exact) mass is 311 g/mol. The van der Waals surface area contributed by atoms with Crippen LogP contribution in [0.2, 0.25) is 5.02 Å². The topological polar surface area (TPSA) is 66.7 Å². The smallest absolute Gasteiger partial charge is 0.288 e. The van der Waals surface area contributed by atoms with Gasteiger partial charge in [-0.1, -0.05) is 11.6 Å². The van der Waals surface area contributed by atoms with Crippen LogP contribution in [0.3, 0.4) is 0 Å². The van der Waals surface area contributed by atoms with E-state index in [1.54, 1.807) is 11.9 Å². The van der Waals surface area contributed by atoms with Gasteiger partial charge in [-0.3, -0.25) is 14.9 Å². The number of likely N-dealkylation sites (N-methyl/N-ethyl adjacent to an activating group) is 1. The summed E-state index contributed by atoms with van der Waals surface area (Å²) in [6, 6.07) is 4.14. The summed E-state index contributed by atoms with van der Waals surface area (Å²) in [5.41, 5.74) is 0.0467. The average molecular weight is 312 g/mol. The largest absolute Gasteiger partial charge is 0.340 e. The second-order valence-electron chi connectivity index (χ2n) is 5.20. The Bertz CT molecular complexity index is 544. The maximum atomic E-state index is 12.3. The minimum Gasteiger partial charge on any atom is -0.340 e. The number of carbonyl (C=O) groups is 1. The van der Waals surface area contributed by atoms with Crippen LogP contribution >= 0.6 is 11.6 Å². The van der Waals surface area contributed by atoms with Gasteiger partial charge in [0.25, 0.3) is 11.6 Å². The van der Waals surface area contributed by atoms with Crippen molar-refractivity contribution in [2.24, 2.45) is 0 Å². The lowest BCUT2D eigenvalue weighted by atomic mass is 10.2. The van der Waals surface area contributed by atoms with Crippen molar-refractivity contribution in [1.82, 2.24) is 9.80 Å². The van der Waals surface area contributed by atoms with Crippen molar-refractivity contribution in [3.05, 3.63) is 38.9 Å². The van der Waals surface area contributed by atoms with E-state index in [4.69, 9.17) is 11.6 Å². The summed E-state index contributed by atoms with van der Waals surface area (Å²) < 4.78 is 0. The van der Waals surface area contributed by atoms with Gasteiger partial charge in [-0.15, -0.1) is 0 Å². The van der Waals surface area contributed by atoms with Crippen molar-refractivity contribution < 1.29 is 9.72 Å². The fourth-order valence-corrected chi connectivity index (χ4v) is 2.59. The standard InChI is InChI=1S/C14H18ClN3O3/c1-16(8-9-17-6-2-3-7-17)14(19)11-4-5-12(15)13(10-11)18(20)21/h4-5,10H,2-3,6-9H2,1H3. The third-order valence-electron chi connectivity index (χ3n) is 3.69. The first kappa shape index (κ1) is 15.7. The number of carbonyl (C=O) groups excluding carboxylic acids is 1. The van der Waals surface area contributed by atoms with Gasteiger partial charge in [0.1, 0.15) is 5.02 Å². The van der Waals surface area contributed by atoms with Crippen LogP contribution in [-0.4, -0.2) is 53.9 Å². The molecule has 0 N–H and O–H groups in total. The van der Waals surface area contributed by atoms with Gasteiger partial charge in [0.05, 0.1) is 4.92 Å². The third-order valence-corrected chi connectivity index (χ3v) is 4.01. The van der Waals surface area contributed by atoms with E-state index < -0.39 is 4.92 Å². The summed E-state index contributed by atoms with van der Waals surface area (Å²) in [4.78, 5) is 26.5. The number of amides is 1. The SMILES string of the molecule is CN(CCN1CCCC1)C(=O)c1ccc(Cl)c([N+](=O)[O-])c1. The van der Waals surface area contributed by atoms with E-state index in [0.29, 0.717) is 6.54 Å². The number of hydrogen-bond acceptors (Lipinski definition) is 4. The third kappa shape index (κ3) is 3.92. The van der Waals surface area contributed by atoms with Crippen molar-refractivity contribution >= 4 is 23.2 Å². The quantitative estimate of drug-likeness (QED) is 0.618. The Labute approximate surface area is 128 Å². The molecule has 0 saturated carbocycles. The highest BCUT2D eigenvalue weighted by atomic mass is 35.5. The molecule has 1 fully saturated rings. The van der Waals surface area contributed by atoms with E-state index in [1.807, 2.05) is 0 Å². The van der Waals surface area contributed by atoms with Crippen molar-refractivity contribution in [3.63, 3.8) is 0 Å². The van der Waals surface area contributed by atoms with E-state index >= 15 is 0 Å². The Morgan fingerprint density at radius 1 is 1.43 bits per heavy atom. The summed E-state index contributed by atoms with van der Waals surface area (Å²) >= 11 is 5.75. The van der Waals surface area contributed by atoms with E-state index in [-0.39, 0.29) is 22.2 Å². The Hall–Kier alpha value is -1.66. The first-order valence-electron chi connectivity index (χ1n) is 6.91. The van der Waals surface area contributed by atoms with Crippen LogP contribution < -0.4 is 0 Å². The molecule has 1 aliphatic heterocycles. The molecule has 0 bridgehead atoms. The number of nitrogens with zero attached hydrogens (tertiary/aromatic N) is 3. The lowest BCUT2D eigenvalue weighted by Gasteiger charge is -2.21. The van der Waals surface area contributed by atoms with Crippen LogP contribution in [0, 0.1) is 10.1 Å². The van der Waals surface area contributed by atoms with E-state index in [1.165, 1.54) is 31.0 Å². The van der Waals surface area contributed by atoms with E-state index in [0.717, 1.165) is 19.6 Å². The maximum absolute atomic E-state index is 12.3. The molecular weight excluding hydrogens is 294 g/mol. The van der Waals surface area contributed by atoms with Crippen LogP contribution in [0.5, 0.6) is 0 Å². The molecule has 0 unspecified atom stereocenters. The zero-order valence-electron chi connectivity index (χ0n) is 11.9. The molecule has 1 heterocycles. The van der Waals surface area contributed by atoms with Crippen LogP contribution in [0.15, 0.2) is 18.2 Å². The minimum absolute atomic E-state index is 0.0382. The molecule has 1 aromatic carbocycles. The summed E-state index contributed by atoms with van der Waals surface area (Å²) in [5, 5.41) is 10.9. The van der Waals surface area contributed by atoms with Crippen molar-refractivity contribution in [2.45, 2.75) is 12.8 Å². The first-order chi connectivity index (χ1) is 9.99. The minimum atomic E-state index is -0.580. The Balaban J connectivity index is 2.01. The lowest BCUT2D eigenvalue weighted by molar-refractivity contribution is -0.384. The zero-order valence-corrected chi connectivity index (χ0v) is 12.7. The molecular formula is C14H18ClN3O3. The molecule has 1 aromatic rings. The molecule has 0 aliphatic carbocycles. The Morgan fingerprint density at radius 3 is 2.71 bits per heavy atom. The molecule has 114 valence electrons. The van der Waals surface area contributed by atoms with Gasteiger partial charge in [-0.05, 0) is 38.1 Å². The second kappa shape index (κ2) is 6.87. The molecule has 1 amide bonds. The number of nitro groups is 1. The fourth-order valence-electron chi connectivity index (χ4n) is 2.41. The van der Waals surface area contributed by atoms with Crippen LogP contribution in [0.25, 0.3) is 0 Å². The molecule has 2 rings (SSSR count). The van der Waals surface area contributed by atoms with Crippen LogP contribution in [0.4, 0.5) is 5.69 Å². The molecule has 0 spiro atoms. The molecule has 6 nitrogen and oxygen atoms in total. The van der Waals surface area contributed by atoms with Gasteiger partial charge in [-0.25, -0.2) is 0 Å². The second-order valence-corrected chi connectivity index (χ2v) is 5.61.